The molecular weight excluding hydrogens is 705 g/mol. The number of hydroxylamine groups is 4. The lowest BCUT2D eigenvalue weighted by Crippen LogP contribution is -2.60. The Morgan fingerprint density at radius 1 is 0.446 bits per heavy atom. The molecule has 330 valence electrons. The molecule has 56 heavy (non-hydrogen) atoms. The van der Waals surface area contributed by atoms with E-state index >= 15 is 0 Å². The van der Waals surface area contributed by atoms with E-state index in [1.807, 2.05) is 0 Å². The molecule has 6 unspecified atom stereocenters. The Kier molecular flexibility index (Phi) is 17.6. The van der Waals surface area contributed by atoms with Gasteiger partial charge in [-0.2, -0.15) is 0 Å². The number of rotatable bonds is 15. The average molecular weight is 795 g/mol. The van der Waals surface area contributed by atoms with Crippen molar-refractivity contribution in [3.8, 4) is 0 Å². The summed E-state index contributed by atoms with van der Waals surface area (Å²) in [5.41, 5.74) is 0.553. The lowest BCUT2D eigenvalue weighted by atomic mass is 9.66. The van der Waals surface area contributed by atoms with Crippen molar-refractivity contribution in [3.05, 3.63) is 0 Å². The van der Waals surface area contributed by atoms with Crippen molar-refractivity contribution >= 4 is 0 Å². The summed E-state index contributed by atoms with van der Waals surface area (Å²) in [6.45, 7) is 32.4. The lowest BCUT2D eigenvalue weighted by Gasteiger charge is -2.49. The van der Waals surface area contributed by atoms with E-state index in [4.69, 9.17) is 9.78 Å². The highest BCUT2D eigenvalue weighted by Crippen LogP contribution is 2.46. The van der Waals surface area contributed by atoms with Crippen LogP contribution >= 0.6 is 0 Å². The largest absolute Gasteiger partial charge is 0.289 e. The first-order valence-corrected chi connectivity index (χ1v) is 23.2. The van der Waals surface area contributed by atoms with Crippen LogP contribution in [0.3, 0.4) is 0 Å². The Hall–Kier alpha value is -0.400. The maximum Gasteiger partial charge on any atom is 0.146 e. The smallest absolute Gasteiger partial charge is 0.146 e. The Labute approximate surface area is 343 Å². The summed E-state index contributed by atoms with van der Waals surface area (Å²) in [7, 11) is 0. The summed E-state index contributed by atoms with van der Waals surface area (Å²) in [5.74, 6) is 4.36. The van der Waals surface area contributed by atoms with Crippen molar-refractivity contribution in [2.75, 3.05) is 0 Å². The Morgan fingerprint density at radius 3 is 0.893 bits per heavy atom. The lowest BCUT2D eigenvalue weighted by molar-refractivity contribution is -0.385. The zero-order chi connectivity index (χ0) is 41.9. The molecule has 4 aliphatic carbocycles. The zero-order valence-corrected chi connectivity index (χ0v) is 38.4. The molecule has 0 aliphatic heterocycles. The van der Waals surface area contributed by atoms with Gasteiger partial charge in [0.1, 0.15) is 12.5 Å². The Morgan fingerprint density at radius 2 is 0.696 bits per heavy atom. The monoisotopic (exact) mass is 795 g/mol. The van der Waals surface area contributed by atoms with Crippen LogP contribution in [0.2, 0.25) is 0 Å². The predicted molar refractivity (Wildman–Crippen MR) is 224 cm³/mol. The van der Waals surface area contributed by atoms with Crippen LogP contribution in [0.1, 0.15) is 174 Å². The third-order valence-electron chi connectivity index (χ3n) is 15.9. The van der Waals surface area contributed by atoms with E-state index in [0.29, 0.717) is 83.5 Å². The highest BCUT2D eigenvalue weighted by molar-refractivity contribution is 4.98. The summed E-state index contributed by atoms with van der Waals surface area (Å²) < 4.78 is 0. The zero-order valence-electron chi connectivity index (χ0n) is 38.4. The van der Waals surface area contributed by atoms with Crippen molar-refractivity contribution in [1.82, 2.24) is 21.1 Å². The molecule has 0 aromatic rings. The van der Waals surface area contributed by atoms with E-state index in [1.165, 1.54) is 25.7 Å². The fraction of sp³-hybridized carbons (Fsp3) is 1.00. The highest BCUT2D eigenvalue weighted by Gasteiger charge is 2.47. The fourth-order valence-corrected chi connectivity index (χ4v) is 11.8. The van der Waals surface area contributed by atoms with Crippen LogP contribution in [0.15, 0.2) is 0 Å². The van der Waals surface area contributed by atoms with Crippen molar-refractivity contribution in [3.63, 3.8) is 0 Å². The number of nitrogens with zero attached hydrogens (tertiary/aromatic N) is 2. The molecule has 0 spiro atoms. The number of nitrogens with one attached hydrogen (secondary N) is 2. The number of hydrogen-bond donors (Lipinski definition) is 6. The molecule has 0 radical (unpaired) electrons. The molecule has 4 rings (SSSR count). The minimum Gasteiger partial charge on any atom is -0.289 e. The van der Waals surface area contributed by atoms with Crippen LogP contribution in [0, 0.1) is 81.8 Å². The SMILES string of the molecule is CC(C)C1CC(N(O)O)CC(C(C)C)C1NC(OOC(NC1C(C(C)C)CC(N(O)O)CC1C(C)C)C1CCC(C(C)(C)C)CC1)C1CCC(C(C)(C)C)CC1. The second kappa shape index (κ2) is 20.4. The van der Waals surface area contributed by atoms with Crippen molar-refractivity contribution in [2.24, 2.45) is 81.8 Å². The van der Waals surface area contributed by atoms with E-state index in [1.54, 1.807) is 0 Å². The van der Waals surface area contributed by atoms with Crippen molar-refractivity contribution in [2.45, 2.75) is 211 Å². The van der Waals surface area contributed by atoms with Gasteiger partial charge in [-0.05, 0) is 147 Å². The molecule has 4 aliphatic rings. The third-order valence-corrected chi connectivity index (χ3v) is 15.9. The molecule has 4 fully saturated rings. The third kappa shape index (κ3) is 12.6. The predicted octanol–water partition coefficient (Wildman–Crippen LogP) is 10.8. The normalized spacial score (nSPS) is 36.6. The first-order chi connectivity index (χ1) is 26.0. The Balaban J connectivity index is 1.68. The minimum atomic E-state index is -0.288. The van der Waals surface area contributed by atoms with Gasteiger partial charge >= 0.3 is 0 Å². The minimum absolute atomic E-state index is 0.152. The molecule has 0 aromatic heterocycles. The Bertz CT molecular complexity index is 1010. The van der Waals surface area contributed by atoms with Gasteiger partial charge in [0.05, 0.1) is 12.1 Å². The van der Waals surface area contributed by atoms with Gasteiger partial charge in [0.2, 0.25) is 0 Å². The number of hydrogen-bond acceptors (Lipinski definition) is 10. The van der Waals surface area contributed by atoms with Gasteiger partial charge < -0.3 is 0 Å². The van der Waals surface area contributed by atoms with Gasteiger partial charge in [0.15, 0.2) is 0 Å². The topological polar surface area (TPSA) is 130 Å². The summed E-state index contributed by atoms with van der Waals surface area (Å²) in [6, 6.07) is -0.271. The highest BCUT2D eigenvalue weighted by atomic mass is 17.2. The summed E-state index contributed by atoms with van der Waals surface area (Å²) in [4.78, 5) is 13.9. The molecule has 0 amide bonds. The van der Waals surface area contributed by atoms with E-state index < -0.39 is 0 Å². The summed E-state index contributed by atoms with van der Waals surface area (Å²) in [6.07, 6.45) is 11.3. The van der Waals surface area contributed by atoms with E-state index in [2.05, 4.69) is 108 Å². The van der Waals surface area contributed by atoms with Crippen LogP contribution in [0.25, 0.3) is 0 Å². The molecule has 0 bridgehead atoms. The second-order valence-corrected chi connectivity index (χ2v) is 22.9. The van der Waals surface area contributed by atoms with Gasteiger partial charge in [-0.1, -0.05) is 107 Å². The molecule has 0 heterocycles. The van der Waals surface area contributed by atoms with Gasteiger partial charge in [-0.25, -0.2) is 9.78 Å². The molecule has 10 heteroatoms. The quantitative estimate of drug-likeness (QED) is 0.0541. The fourth-order valence-electron chi connectivity index (χ4n) is 11.8. The average Bonchev–Trinajstić information content (AvgIpc) is 3.11. The second-order valence-electron chi connectivity index (χ2n) is 22.9. The maximum absolute atomic E-state index is 10.2. The van der Waals surface area contributed by atoms with Gasteiger partial charge in [0.25, 0.3) is 0 Å². The van der Waals surface area contributed by atoms with Gasteiger partial charge in [-0.15, -0.1) is 0 Å². The molecule has 0 aromatic carbocycles. The maximum atomic E-state index is 10.2. The van der Waals surface area contributed by atoms with Gasteiger partial charge in [0, 0.05) is 23.9 Å². The first kappa shape index (κ1) is 48.3. The summed E-state index contributed by atoms with van der Waals surface area (Å²) in [5, 5.41) is 50.2. The molecule has 4 saturated carbocycles. The van der Waals surface area contributed by atoms with Crippen LogP contribution in [0.4, 0.5) is 0 Å². The molecule has 6 atom stereocenters. The first-order valence-electron chi connectivity index (χ1n) is 23.2. The summed E-state index contributed by atoms with van der Waals surface area (Å²) >= 11 is 0. The molecule has 6 N–H and O–H groups in total. The molecule has 0 saturated heterocycles. The van der Waals surface area contributed by atoms with Crippen molar-refractivity contribution in [1.29, 1.82) is 0 Å². The van der Waals surface area contributed by atoms with Crippen LogP contribution in [-0.4, -0.2) is 67.9 Å². The van der Waals surface area contributed by atoms with E-state index in [0.717, 1.165) is 25.7 Å². The molecular formula is C46H90N4O6. The van der Waals surface area contributed by atoms with Crippen LogP contribution in [0.5, 0.6) is 0 Å². The van der Waals surface area contributed by atoms with Crippen LogP contribution < -0.4 is 10.6 Å². The van der Waals surface area contributed by atoms with Gasteiger partial charge in [-0.3, -0.25) is 31.5 Å². The molecule has 10 nitrogen and oxygen atoms in total. The standard InChI is InChI=1S/C46H90N4O6/c1-27(2)37-23-35(49(51)52)24-38(28(3)4)41(37)47-43(31-15-19-33(20-16-31)45(9,10)11)55-56-44(32-17-21-34(22-18-32)46(12,13)14)48-42-39(29(5)6)25-36(50(53)54)26-40(42)30(7)8/h27-44,47-48,51-54H,15-26H2,1-14H3. The van der Waals surface area contributed by atoms with E-state index in [9.17, 15) is 20.8 Å². The van der Waals surface area contributed by atoms with Crippen LogP contribution in [-0.2, 0) is 9.78 Å². The van der Waals surface area contributed by atoms with Crippen molar-refractivity contribution < 1.29 is 30.6 Å². The van der Waals surface area contributed by atoms with E-state index in [-0.39, 0.29) is 71.1 Å².